The Morgan fingerprint density at radius 2 is 1.72 bits per heavy atom. The molecule has 5 heteroatoms. The van der Waals surface area contributed by atoms with Gasteiger partial charge in [0.1, 0.15) is 11.6 Å². The maximum atomic E-state index is 13.7. The number of amides is 2. The van der Waals surface area contributed by atoms with Gasteiger partial charge in [-0.3, -0.25) is 4.90 Å². The van der Waals surface area contributed by atoms with E-state index in [0.717, 1.165) is 11.0 Å². The van der Waals surface area contributed by atoms with E-state index in [1.165, 1.54) is 6.07 Å². The molecule has 2 aromatic carbocycles. The first-order valence-corrected chi connectivity index (χ1v) is 5.19. The summed E-state index contributed by atoms with van der Waals surface area (Å²) in [4.78, 5) is 12.4. The number of carbonyl (C=O) groups excluding carboxylic acids is 1. The van der Waals surface area contributed by atoms with Crippen LogP contribution in [-0.2, 0) is 0 Å². The fourth-order valence-corrected chi connectivity index (χ4v) is 1.62. The van der Waals surface area contributed by atoms with Gasteiger partial charge in [0.2, 0.25) is 0 Å². The standard InChI is InChI=1S/C13H10F2N2O/c14-9-6-7-12(11(15)8-9)17(13(16)18)10-4-2-1-3-5-10/h1-8H,(H2,16,18). The highest BCUT2D eigenvalue weighted by Gasteiger charge is 2.18. The first-order valence-electron chi connectivity index (χ1n) is 5.19. The van der Waals surface area contributed by atoms with Crippen molar-refractivity contribution in [2.45, 2.75) is 0 Å². The summed E-state index contributed by atoms with van der Waals surface area (Å²) in [7, 11) is 0. The molecule has 0 aromatic heterocycles. The van der Waals surface area contributed by atoms with E-state index < -0.39 is 17.7 Å². The minimum absolute atomic E-state index is 0.0879. The van der Waals surface area contributed by atoms with Gasteiger partial charge in [-0.15, -0.1) is 0 Å². The van der Waals surface area contributed by atoms with E-state index in [1.807, 2.05) is 0 Å². The summed E-state index contributed by atoms with van der Waals surface area (Å²) in [6, 6.07) is 10.4. The number of rotatable bonds is 2. The van der Waals surface area contributed by atoms with Gasteiger partial charge in [-0.2, -0.15) is 0 Å². The zero-order valence-electron chi connectivity index (χ0n) is 9.31. The summed E-state index contributed by atoms with van der Waals surface area (Å²) in [6.45, 7) is 0. The van der Waals surface area contributed by atoms with E-state index in [-0.39, 0.29) is 5.69 Å². The number of primary amides is 1. The van der Waals surface area contributed by atoms with E-state index in [2.05, 4.69) is 0 Å². The molecule has 0 radical (unpaired) electrons. The van der Waals surface area contributed by atoms with E-state index in [0.29, 0.717) is 11.8 Å². The molecular formula is C13H10F2N2O. The molecule has 2 N–H and O–H groups in total. The third kappa shape index (κ3) is 2.29. The Labute approximate surface area is 102 Å². The molecule has 92 valence electrons. The molecule has 2 rings (SSSR count). The normalized spacial score (nSPS) is 10.1. The molecule has 18 heavy (non-hydrogen) atoms. The Balaban J connectivity index is 2.52. The van der Waals surface area contributed by atoms with Crippen LogP contribution in [-0.4, -0.2) is 6.03 Å². The van der Waals surface area contributed by atoms with Crippen LogP contribution in [0.1, 0.15) is 0 Å². The van der Waals surface area contributed by atoms with Gasteiger partial charge in [0.15, 0.2) is 0 Å². The van der Waals surface area contributed by atoms with Crippen LogP contribution in [0.15, 0.2) is 48.5 Å². The number of nitrogens with zero attached hydrogens (tertiary/aromatic N) is 1. The lowest BCUT2D eigenvalue weighted by Crippen LogP contribution is -2.32. The Kier molecular flexibility index (Phi) is 3.23. The van der Waals surface area contributed by atoms with Crippen LogP contribution in [0.5, 0.6) is 0 Å². The van der Waals surface area contributed by atoms with Crippen molar-refractivity contribution in [1.29, 1.82) is 0 Å². The third-order valence-electron chi connectivity index (χ3n) is 2.39. The van der Waals surface area contributed by atoms with Gasteiger partial charge in [0, 0.05) is 6.07 Å². The molecule has 0 fully saturated rings. The quantitative estimate of drug-likeness (QED) is 0.871. The monoisotopic (exact) mass is 248 g/mol. The Bertz CT molecular complexity index is 572. The SMILES string of the molecule is NC(=O)N(c1ccccc1)c1ccc(F)cc1F. The fourth-order valence-electron chi connectivity index (χ4n) is 1.62. The van der Waals surface area contributed by atoms with Crippen LogP contribution < -0.4 is 10.6 Å². The first kappa shape index (κ1) is 12.0. The number of nitrogens with two attached hydrogens (primary N) is 1. The lowest BCUT2D eigenvalue weighted by atomic mass is 10.2. The highest BCUT2D eigenvalue weighted by Crippen LogP contribution is 2.27. The van der Waals surface area contributed by atoms with Crippen LogP contribution in [0, 0.1) is 11.6 Å². The minimum atomic E-state index is -0.849. The molecular weight excluding hydrogens is 238 g/mol. The Hall–Kier alpha value is -2.43. The lowest BCUT2D eigenvalue weighted by molar-refractivity contribution is 0.256. The molecule has 0 bridgehead atoms. The van der Waals surface area contributed by atoms with E-state index in [9.17, 15) is 13.6 Å². The molecule has 0 spiro atoms. The van der Waals surface area contributed by atoms with Crippen LogP contribution in [0.3, 0.4) is 0 Å². The average molecular weight is 248 g/mol. The van der Waals surface area contributed by atoms with Crippen LogP contribution in [0.25, 0.3) is 0 Å². The number of para-hydroxylation sites is 1. The summed E-state index contributed by atoms with van der Waals surface area (Å²) >= 11 is 0. The molecule has 0 unspecified atom stereocenters. The molecule has 2 amide bonds. The van der Waals surface area contributed by atoms with Gasteiger partial charge in [-0.05, 0) is 24.3 Å². The molecule has 0 saturated carbocycles. The molecule has 2 aromatic rings. The second-order valence-corrected chi connectivity index (χ2v) is 3.60. The van der Waals surface area contributed by atoms with Crippen molar-refractivity contribution in [2.75, 3.05) is 4.90 Å². The highest BCUT2D eigenvalue weighted by molar-refractivity contribution is 5.98. The van der Waals surface area contributed by atoms with Crippen LogP contribution >= 0.6 is 0 Å². The molecule has 0 saturated heterocycles. The van der Waals surface area contributed by atoms with Crippen molar-refractivity contribution in [1.82, 2.24) is 0 Å². The van der Waals surface area contributed by atoms with Gasteiger partial charge in [0.25, 0.3) is 0 Å². The second kappa shape index (κ2) is 4.83. The minimum Gasteiger partial charge on any atom is -0.351 e. The Morgan fingerprint density at radius 3 is 2.28 bits per heavy atom. The second-order valence-electron chi connectivity index (χ2n) is 3.60. The summed E-state index contributed by atoms with van der Waals surface area (Å²) in [5.41, 5.74) is 5.56. The molecule has 3 nitrogen and oxygen atoms in total. The van der Waals surface area contributed by atoms with Gasteiger partial charge in [-0.1, -0.05) is 18.2 Å². The number of carbonyl (C=O) groups is 1. The summed E-state index contributed by atoms with van der Waals surface area (Å²) < 4.78 is 26.5. The summed E-state index contributed by atoms with van der Waals surface area (Å²) in [6.07, 6.45) is 0. The van der Waals surface area contributed by atoms with Crippen LogP contribution in [0.4, 0.5) is 25.0 Å². The summed E-state index contributed by atoms with van der Waals surface area (Å²) in [5, 5.41) is 0. The predicted octanol–water partition coefficient (Wildman–Crippen LogP) is 3.18. The average Bonchev–Trinajstić information content (AvgIpc) is 2.33. The van der Waals surface area contributed by atoms with Gasteiger partial charge < -0.3 is 5.73 Å². The number of benzene rings is 2. The van der Waals surface area contributed by atoms with Crippen molar-refractivity contribution in [3.8, 4) is 0 Å². The highest BCUT2D eigenvalue weighted by atomic mass is 19.1. The molecule has 0 aliphatic carbocycles. The maximum Gasteiger partial charge on any atom is 0.323 e. The van der Waals surface area contributed by atoms with Crippen molar-refractivity contribution < 1.29 is 13.6 Å². The van der Waals surface area contributed by atoms with E-state index >= 15 is 0 Å². The smallest absolute Gasteiger partial charge is 0.323 e. The van der Waals surface area contributed by atoms with Crippen LogP contribution in [0.2, 0.25) is 0 Å². The number of halogens is 2. The zero-order valence-corrected chi connectivity index (χ0v) is 9.31. The number of hydrogen-bond acceptors (Lipinski definition) is 1. The molecule has 0 aliphatic heterocycles. The predicted molar refractivity (Wildman–Crippen MR) is 64.5 cm³/mol. The third-order valence-corrected chi connectivity index (χ3v) is 2.39. The number of urea groups is 1. The molecule has 0 heterocycles. The van der Waals surface area contributed by atoms with Gasteiger partial charge >= 0.3 is 6.03 Å². The van der Waals surface area contributed by atoms with Crippen molar-refractivity contribution in [2.24, 2.45) is 5.73 Å². The number of anilines is 2. The van der Waals surface area contributed by atoms with Crippen molar-refractivity contribution in [3.63, 3.8) is 0 Å². The first-order chi connectivity index (χ1) is 8.59. The zero-order chi connectivity index (χ0) is 13.1. The lowest BCUT2D eigenvalue weighted by Gasteiger charge is -2.21. The fraction of sp³-hybridized carbons (Fsp3) is 0. The van der Waals surface area contributed by atoms with E-state index in [1.54, 1.807) is 30.3 Å². The molecule has 0 atom stereocenters. The van der Waals surface area contributed by atoms with Gasteiger partial charge in [0.05, 0.1) is 11.4 Å². The topological polar surface area (TPSA) is 46.3 Å². The van der Waals surface area contributed by atoms with E-state index in [4.69, 9.17) is 5.73 Å². The summed E-state index contributed by atoms with van der Waals surface area (Å²) in [5.74, 6) is -1.56. The van der Waals surface area contributed by atoms with Crippen molar-refractivity contribution >= 4 is 17.4 Å². The molecule has 0 aliphatic rings. The number of hydrogen-bond donors (Lipinski definition) is 1. The van der Waals surface area contributed by atoms with Gasteiger partial charge in [-0.25, -0.2) is 13.6 Å². The Morgan fingerprint density at radius 1 is 1.06 bits per heavy atom. The maximum absolute atomic E-state index is 13.7. The largest absolute Gasteiger partial charge is 0.351 e. The van der Waals surface area contributed by atoms with Crippen molar-refractivity contribution in [3.05, 3.63) is 60.2 Å².